The first kappa shape index (κ1) is 13.0. The molecule has 2 aromatic rings. The average Bonchev–Trinajstić information content (AvgIpc) is 2.81. The number of rotatable bonds is 1. The molecule has 4 nitrogen and oxygen atoms in total. The van der Waals surface area contributed by atoms with Crippen molar-refractivity contribution in [3.8, 4) is 0 Å². The van der Waals surface area contributed by atoms with E-state index in [-0.39, 0.29) is 11.9 Å². The van der Waals surface area contributed by atoms with Crippen LogP contribution in [0.2, 0.25) is 0 Å². The second-order valence-corrected chi connectivity index (χ2v) is 5.89. The predicted octanol–water partition coefficient (Wildman–Crippen LogP) is 3.28. The Morgan fingerprint density at radius 1 is 1.35 bits per heavy atom. The van der Waals surface area contributed by atoms with E-state index in [1.54, 1.807) is 12.1 Å². The van der Waals surface area contributed by atoms with Crippen molar-refractivity contribution in [2.45, 2.75) is 32.7 Å². The van der Waals surface area contributed by atoms with Crippen LogP contribution in [0.15, 0.2) is 28.7 Å². The lowest BCUT2D eigenvalue weighted by Crippen LogP contribution is -2.44. The molecule has 1 saturated heterocycles. The molecular weight excluding hydrogens is 252 g/mol. The van der Waals surface area contributed by atoms with Crippen molar-refractivity contribution < 1.29 is 9.21 Å². The lowest BCUT2D eigenvalue weighted by molar-refractivity contribution is 0.0559. The van der Waals surface area contributed by atoms with Crippen LogP contribution in [0.5, 0.6) is 0 Å². The standard InChI is InChI=1S/C16H20N2O2/c1-10-5-6-18(11(2)7-10)16(19)15-9-12-8-13(17)3-4-14(12)20-15/h3-4,8-11H,5-7,17H2,1-2H3. The molecule has 2 heterocycles. The molecule has 1 fully saturated rings. The van der Waals surface area contributed by atoms with E-state index in [0.717, 1.165) is 24.8 Å². The molecule has 2 N–H and O–H groups in total. The highest BCUT2D eigenvalue weighted by molar-refractivity contribution is 5.96. The maximum atomic E-state index is 12.6. The molecule has 1 aliphatic rings. The summed E-state index contributed by atoms with van der Waals surface area (Å²) >= 11 is 0. The number of hydrogen-bond acceptors (Lipinski definition) is 3. The number of piperidine rings is 1. The summed E-state index contributed by atoms with van der Waals surface area (Å²) in [7, 11) is 0. The normalized spacial score (nSPS) is 23.2. The zero-order chi connectivity index (χ0) is 14.3. The Balaban J connectivity index is 1.88. The van der Waals surface area contributed by atoms with Crippen LogP contribution in [0, 0.1) is 5.92 Å². The van der Waals surface area contributed by atoms with Crippen LogP contribution in [0.3, 0.4) is 0 Å². The Morgan fingerprint density at radius 3 is 2.90 bits per heavy atom. The quantitative estimate of drug-likeness (QED) is 0.810. The largest absolute Gasteiger partial charge is 0.451 e. The fourth-order valence-electron chi connectivity index (χ4n) is 3.02. The van der Waals surface area contributed by atoms with Gasteiger partial charge in [0.25, 0.3) is 5.91 Å². The van der Waals surface area contributed by atoms with Crippen LogP contribution in [0.25, 0.3) is 11.0 Å². The number of nitrogens with two attached hydrogens (primary N) is 1. The second kappa shape index (κ2) is 4.85. The van der Waals surface area contributed by atoms with Crippen LogP contribution >= 0.6 is 0 Å². The number of fused-ring (bicyclic) bond motifs is 1. The summed E-state index contributed by atoms with van der Waals surface area (Å²) in [5.74, 6) is 1.08. The fraction of sp³-hybridized carbons (Fsp3) is 0.438. The molecule has 1 amide bonds. The van der Waals surface area contributed by atoms with Gasteiger partial charge in [-0.1, -0.05) is 6.92 Å². The molecule has 0 saturated carbocycles. The van der Waals surface area contributed by atoms with Crippen molar-refractivity contribution in [2.24, 2.45) is 5.92 Å². The number of carbonyl (C=O) groups is 1. The van der Waals surface area contributed by atoms with Crippen molar-refractivity contribution >= 4 is 22.6 Å². The lowest BCUT2D eigenvalue weighted by atomic mass is 9.93. The molecule has 1 aliphatic heterocycles. The zero-order valence-electron chi connectivity index (χ0n) is 11.9. The van der Waals surface area contributed by atoms with Crippen molar-refractivity contribution in [2.75, 3.05) is 12.3 Å². The minimum Gasteiger partial charge on any atom is -0.451 e. The van der Waals surface area contributed by atoms with Gasteiger partial charge in [0.2, 0.25) is 0 Å². The summed E-state index contributed by atoms with van der Waals surface area (Å²) in [6, 6.07) is 7.48. The van der Waals surface area contributed by atoms with Gasteiger partial charge >= 0.3 is 0 Å². The van der Waals surface area contributed by atoms with Crippen LogP contribution < -0.4 is 5.73 Å². The third-order valence-corrected chi connectivity index (χ3v) is 4.15. The van der Waals surface area contributed by atoms with E-state index in [9.17, 15) is 4.79 Å². The van der Waals surface area contributed by atoms with Gasteiger partial charge in [0, 0.05) is 23.7 Å². The molecule has 2 atom stereocenters. The SMILES string of the molecule is CC1CCN(C(=O)c2cc3cc(N)ccc3o2)C(C)C1. The van der Waals surface area contributed by atoms with Gasteiger partial charge in [-0.25, -0.2) is 0 Å². The van der Waals surface area contributed by atoms with E-state index < -0.39 is 0 Å². The molecule has 2 unspecified atom stereocenters. The number of hydrogen-bond donors (Lipinski definition) is 1. The van der Waals surface area contributed by atoms with E-state index >= 15 is 0 Å². The maximum Gasteiger partial charge on any atom is 0.289 e. The summed E-state index contributed by atoms with van der Waals surface area (Å²) in [4.78, 5) is 14.5. The molecule has 0 radical (unpaired) electrons. The average molecular weight is 272 g/mol. The lowest BCUT2D eigenvalue weighted by Gasteiger charge is -2.35. The monoisotopic (exact) mass is 272 g/mol. The highest BCUT2D eigenvalue weighted by atomic mass is 16.3. The Kier molecular flexibility index (Phi) is 3.16. The van der Waals surface area contributed by atoms with Crippen LogP contribution in [-0.4, -0.2) is 23.4 Å². The molecule has 1 aromatic carbocycles. The van der Waals surface area contributed by atoms with Gasteiger partial charge in [0.05, 0.1) is 0 Å². The number of amides is 1. The highest BCUT2D eigenvalue weighted by Crippen LogP contribution is 2.27. The zero-order valence-corrected chi connectivity index (χ0v) is 11.9. The number of nitrogen functional groups attached to an aromatic ring is 1. The summed E-state index contributed by atoms with van der Waals surface area (Å²) in [5, 5.41) is 0.881. The third kappa shape index (κ3) is 2.26. The fourth-order valence-corrected chi connectivity index (χ4v) is 3.02. The van der Waals surface area contributed by atoms with Gasteiger partial charge in [-0.15, -0.1) is 0 Å². The Labute approximate surface area is 118 Å². The van der Waals surface area contributed by atoms with E-state index in [0.29, 0.717) is 22.9 Å². The molecule has 106 valence electrons. The van der Waals surface area contributed by atoms with Gasteiger partial charge in [-0.05, 0) is 49.9 Å². The number of likely N-dealkylation sites (tertiary alicyclic amines) is 1. The van der Waals surface area contributed by atoms with E-state index in [2.05, 4.69) is 13.8 Å². The molecular formula is C16H20N2O2. The number of anilines is 1. The third-order valence-electron chi connectivity index (χ3n) is 4.15. The van der Waals surface area contributed by atoms with E-state index in [4.69, 9.17) is 10.2 Å². The summed E-state index contributed by atoms with van der Waals surface area (Å²) in [6.07, 6.45) is 2.11. The summed E-state index contributed by atoms with van der Waals surface area (Å²) in [5.41, 5.74) is 7.14. The van der Waals surface area contributed by atoms with Gasteiger partial charge in [0.1, 0.15) is 5.58 Å². The number of carbonyl (C=O) groups excluding carboxylic acids is 1. The minimum atomic E-state index is -0.0147. The number of nitrogens with zero attached hydrogens (tertiary/aromatic N) is 1. The van der Waals surface area contributed by atoms with Crippen molar-refractivity contribution in [3.05, 3.63) is 30.0 Å². The minimum absolute atomic E-state index is 0.0147. The van der Waals surface area contributed by atoms with Crippen molar-refractivity contribution in [3.63, 3.8) is 0 Å². The topological polar surface area (TPSA) is 59.5 Å². The first-order valence-corrected chi connectivity index (χ1v) is 7.14. The van der Waals surface area contributed by atoms with Crippen LogP contribution in [0.4, 0.5) is 5.69 Å². The van der Waals surface area contributed by atoms with Gasteiger partial charge in [-0.2, -0.15) is 0 Å². The van der Waals surface area contributed by atoms with Crippen molar-refractivity contribution in [1.82, 2.24) is 4.90 Å². The molecule has 0 aliphatic carbocycles. The maximum absolute atomic E-state index is 12.6. The molecule has 3 rings (SSSR count). The van der Waals surface area contributed by atoms with E-state index in [1.807, 2.05) is 17.0 Å². The van der Waals surface area contributed by atoms with Gasteiger partial charge < -0.3 is 15.1 Å². The Bertz CT molecular complexity index is 647. The van der Waals surface area contributed by atoms with Crippen LogP contribution in [0.1, 0.15) is 37.2 Å². The first-order valence-electron chi connectivity index (χ1n) is 7.14. The molecule has 0 spiro atoms. The molecule has 0 bridgehead atoms. The number of furan rings is 1. The van der Waals surface area contributed by atoms with Gasteiger partial charge in [-0.3, -0.25) is 4.79 Å². The van der Waals surface area contributed by atoms with Crippen molar-refractivity contribution in [1.29, 1.82) is 0 Å². The smallest absolute Gasteiger partial charge is 0.289 e. The number of benzene rings is 1. The molecule has 20 heavy (non-hydrogen) atoms. The summed E-state index contributed by atoms with van der Waals surface area (Å²) in [6.45, 7) is 5.15. The Hall–Kier alpha value is -1.97. The van der Waals surface area contributed by atoms with E-state index in [1.165, 1.54) is 0 Å². The molecule has 4 heteroatoms. The van der Waals surface area contributed by atoms with Crippen LogP contribution in [-0.2, 0) is 0 Å². The first-order chi connectivity index (χ1) is 9.54. The predicted molar refractivity (Wildman–Crippen MR) is 79.5 cm³/mol. The Morgan fingerprint density at radius 2 is 2.15 bits per heavy atom. The van der Waals surface area contributed by atoms with Gasteiger partial charge in [0.15, 0.2) is 5.76 Å². The highest BCUT2D eigenvalue weighted by Gasteiger charge is 2.29. The second-order valence-electron chi connectivity index (χ2n) is 5.89. The molecule has 1 aromatic heterocycles. The summed E-state index contributed by atoms with van der Waals surface area (Å²) < 4.78 is 5.67.